The number of rotatable bonds is 6. The molecule has 116 valence electrons. The minimum atomic E-state index is 0.556. The molecule has 0 radical (unpaired) electrons. The second-order valence-corrected chi connectivity index (χ2v) is 6.48. The molecule has 2 aliphatic carbocycles. The van der Waals surface area contributed by atoms with E-state index in [0.717, 1.165) is 36.2 Å². The molecule has 0 unspecified atom stereocenters. The van der Waals surface area contributed by atoms with Crippen molar-refractivity contribution < 1.29 is 4.74 Å². The van der Waals surface area contributed by atoms with Crippen LogP contribution in [0, 0.1) is 12.8 Å². The van der Waals surface area contributed by atoms with E-state index < -0.39 is 0 Å². The third-order valence-corrected chi connectivity index (χ3v) is 4.59. The van der Waals surface area contributed by atoms with E-state index in [2.05, 4.69) is 29.1 Å². The molecule has 1 N–H and O–H groups in total. The number of hydrogen-bond acceptors (Lipinski definition) is 4. The Bertz CT molecular complexity index is 479. The van der Waals surface area contributed by atoms with Gasteiger partial charge in [0.05, 0.1) is 12.2 Å². The third-order valence-electron chi connectivity index (χ3n) is 4.59. The van der Waals surface area contributed by atoms with Crippen molar-refractivity contribution in [3.8, 4) is 5.88 Å². The second kappa shape index (κ2) is 6.63. The summed E-state index contributed by atoms with van der Waals surface area (Å²) in [7, 11) is 0. The average Bonchev–Trinajstić information content (AvgIpc) is 3.34. The molecule has 1 aromatic heterocycles. The van der Waals surface area contributed by atoms with Gasteiger partial charge >= 0.3 is 0 Å². The highest BCUT2D eigenvalue weighted by Gasteiger charge is 2.28. The Hall–Kier alpha value is -1.32. The SMILES string of the molecule is CCNc1nc(C2CC2)nc(OCC2CCCCC2)c1C. The van der Waals surface area contributed by atoms with Crippen LogP contribution in [0.4, 0.5) is 5.82 Å². The summed E-state index contributed by atoms with van der Waals surface area (Å²) in [5, 5.41) is 3.35. The lowest BCUT2D eigenvalue weighted by Gasteiger charge is -2.22. The zero-order valence-corrected chi connectivity index (χ0v) is 13.3. The van der Waals surface area contributed by atoms with E-state index in [1.54, 1.807) is 0 Å². The maximum absolute atomic E-state index is 6.09. The van der Waals surface area contributed by atoms with E-state index >= 15 is 0 Å². The first-order valence-corrected chi connectivity index (χ1v) is 8.53. The lowest BCUT2D eigenvalue weighted by atomic mass is 9.90. The van der Waals surface area contributed by atoms with Gasteiger partial charge in [0.25, 0.3) is 0 Å². The molecular formula is C17H27N3O. The average molecular weight is 289 g/mol. The van der Waals surface area contributed by atoms with Gasteiger partial charge in [-0.1, -0.05) is 19.3 Å². The highest BCUT2D eigenvalue weighted by atomic mass is 16.5. The Morgan fingerprint density at radius 3 is 2.52 bits per heavy atom. The zero-order valence-electron chi connectivity index (χ0n) is 13.3. The van der Waals surface area contributed by atoms with Crippen LogP contribution < -0.4 is 10.1 Å². The molecule has 2 saturated carbocycles. The van der Waals surface area contributed by atoms with Crippen molar-refractivity contribution in [2.75, 3.05) is 18.5 Å². The molecule has 0 bridgehead atoms. The zero-order chi connectivity index (χ0) is 14.7. The molecule has 0 amide bonds. The Balaban J connectivity index is 1.72. The Morgan fingerprint density at radius 2 is 1.86 bits per heavy atom. The molecule has 21 heavy (non-hydrogen) atoms. The van der Waals surface area contributed by atoms with Crippen molar-refractivity contribution in [3.63, 3.8) is 0 Å². The number of anilines is 1. The Kier molecular flexibility index (Phi) is 4.61. The molecule has 2 aliphatic rings. The fourth-order valence-corrected chi connectivity index (χ4v) is 3.07. The van der Waals surface area contributed by atoms with Gasteiger partial charge in [-0.2, -0.15) is 4.98 Å². The van der Waals surface area contributed by atoms with Gasteiger partial charge in [0.1, 0.15) is 11.6 Å². The summed E-state index contributed by atoms with van der Waals surface area (Å²) >= 11 is 0. The molecule has 1 aromatic rings. The van der Waals surface area contributed by atoms with Crippen LogP contribution in [0.1, 0.15) is 69.2 Å². The first kappa shape index (κ1) is 14.6. The molecule has 0 atom stereocenters. The van der Waals surface area contributed by atoms with E-state index in [-0.39, 0.29) is 0 Å². The maximum Gasteiger partial charge on any atom is 0.221 e. The second-order valence-electron chi connectivity index (χ2n) is 6.48. The van der Waals surface area contributed by atoms with Gasteiger partial charge in [-0.25, -0.2) is 4.98 Å². The molecule has 0 aromatic carbocycles. The number of nitrogens with one attached hydrogen (secondary N) is 1. The Labute approximate surface area is 127 Å². The van der Waals surface area contributed by atoms with E-state index in [1.165, 1.54) is 44.9 Å². The first-order chi connectivity index (χ1) is 10.3. The van der Waals surface area contributed by atoms with Crippen LogP contribution in [0.3, 0.4) is 0 Å². The molecule has 0 aliphatic heterocycles. The number of hydrogen-bond donors (Lipinski definition) is 1. The van der Waals surface area contributed by atoms with Crippen LogP contribution in [0.2, 0.25) is 0 Å². The summed E-state index contributed by atoms with van der Waals surface area (Å²) in [5.41, 5.74) is 1.05. The van der Waals surface area contributed by atoms with Crippen LogP contribution in [-0.4, -0.2) is 23.1 Å². The highest BCUT2D eigenvalue weighted by Crippen LogP contribution is 2.40. The Morgan fingerprint density at radius 1 is 1.10 bits per heavy atom. The molecule has 4 heteroatoms. The van der Waals surface area contributed by atoms with Crippen molar-refractivity contribution >= 4 is 5.82 Å². The van der Waals surface area contributed by atoms with Gasteiger partial charge < -0.3 is 10.1 Å². The molecule has 1 heterocycles. The van der Waals surface area contributed by atoms with Crippen LogP contribution in [0.25, 0.3) is 0 Å². The summed E-state index contributed by atoms with van der Waals surface area (Å²) in [5.74, 6) is 3.98. The van der Waals surface area contributed by atoms with Crippen LogP contribution >= 0.6 is 0 Å². The van der Waals surface area contributed by atoms with Crippen molar-refractivity contribution in [2.24, 2.45) is 5.92 Å². The van der Waals surface area contributed by atoms with Crippen LogP contribution in [-0.2, 0) is 0 Å². The highest BCUT2D eigenvalue weighted by molar-refractivity contribution is 5.49. The van der Waals surface area contributed by atoms with E-state index in [0.29, 0.717) is 11.8 Å². The normalized spacial score (nSPS) is 19.5. The maximum atomic E-state index is 6.09. The van der Waals surface area contributed by atoms with Crippen molar-refractivity contribution in [3.05, 3.63) is 11.4 Å². The summed E-state index contributed by atoms with van der Waals surface area (Å²) in [6.07, 6.45) is 9.14. The molecular weight excluding hydrogens is 262 g/mol. The predicted octanol–water partition coefficient (Wildman–Crippen LogP) is 4.05. The van der Waals surface area contributed by atoms with E-state index in [4.69, 9.17) is 4.74 Å². The fraction of sp³-hybridized carbons (Fsp3) is 0.765. The summed E-state index contributed by atoms with van der Waals surface area (Å²) < 4.78 is 6.09. The topological polar surface area (TPSA) is 47.0 Å². The van der Waals surface area contributed by atoms with Crippen molar-refractivity contribution in [1.82, 2.24) is 9.97 Å². The number of ether oxygens (including phenoxy) is 1. The molecule has 3 rings (SSSR count). The lowest BCUT2D eigenvalue weighted by molar-refractivity contribution is 0.201. The molecule has 0 saturated heterocycles. The number of nitrogens with zero attached hydrogens (tertiary/aromatic N) is 2. The van der Waals surface area contributed by atoms with Gasteiger partial charge in [0.15, 0.2) is 0 Å². The van der Waals surface area contributed by atoms with E-state index in [1.807, 2.05) is 0 Å². The lowest BCUT2D eigenvalue weighted by Crippen LogP contribution is -2.17. The van der Waals surface area contributed by atoms with Gasteiger partial charge in [-0.05, 0) is 45.4 Å². The fourth-order valence-electron chi connectivity index (χ4n) is 3.07. The van der Waals surface area contributed by atoms with Gasteiger partial charge in [-0.15, -0.1) is 0 Å². The monoisotopic (exact) mass is 289 g/mol. The van der Waals surface area contributed by atoms with Gasteiger partial charge in [0, 0.05) is 12.5 Å². The number of aromatic nitrogens is 2. The van der Waals surface area contributed by atoms with Crippen molar-refractivity contribution in [1.29, 1.82) is 0 Å². The largest absolute Gasteiger partial charge is 0.477 e. The molecule has 4 nitrogen and oxygen atoms in total. The third kappa shape index (κ3) is 3.66. The first-order valence-electron chi connectivity index (χ1n) is 8.53. The quantitative estimate of drug-likeness (QED) is 0.858. The molecule has 0 spiro atoms. The van der Waals surface area contributed by atoms with Gasteiger partial charge in [0.2, 0.25) is 5.88 Å². The van der Waals surface area contributed by atoms with Gasteiger partial charge in [-0.3, -0.25) is 0 Å². The van der Waals surface area contributed by atoms with E-state index in [9.17, 15) is 0 Å². The molecule has 2 fully saturated rings. The predicted molar refractivity (Wildman–Crippen MR) is 85.0 cm³/mol. The minimum Gasteiger partial charge on any atom is -0.477 e. The smallest absolute Gasteiger partial charge is 0.221 e. The summed E-state index contributed by atoms with van der Waals surface area (Å²) in [6, 6.07) is 0. The van der Waals surface area contributed by atoms with Crippen LogP contribution in [0.15, 0.2) is 0 Å². The standard InChI is InChI=1S/C17H27N3O/c1-3-18-15-12(2)17(20-16(19-15)14-9-10-14)21-11-13-7-5-4-6-8-13/h13-14H,3-11H2,1-2H3,(H,18,19,20). The van der Waals surface area contributed by atoms with Crippen LogP contribution in [0.5, 0.6) is 5.88 Å². The van der Waals surface area contributed by atoms with Crippen molar-refractivity contribution in [2.45, 2.75) is 64.7 Å². The minimum absolute atomic E-state index is 0.556. The summed E-state index contributed by atoms with van der Waals surface area (Å²) in [4.78, 5) is 9.37. The summed E-state index contributed by atoms with van der Waals surface area (Å²) in [6.45, 7) is 5.85.